The van der Waals surface area contributed by atoms with Gasteiger partial charge in [-0.3, -0.25) is 9.59 Å². The number of hydrogen-bond acceptors (Lipinski definition) is 4. The van der Waals surface area contributed by atoms with E-state index < -0.39 is 35.4 Å². The molecule has 3 rings (SSSR count). The van der Waals surface area contributed by atoms with Crippen molar-refractivity contribution in [1.29, 1.82) is 0 Å². The minimum absolute atomic E-state index is 0.130. The summed E-state index contributed by atoms with van der Waals surface area (Å²) < 4.78 is 5.69. The second-order valence-electron chi connectivity index (χ2n) is 6.08. The summed E-state index contributed by atoms with van der Waals surface area (Å²) in [6.45, 7) is 0.130. The van der Waals surface area contributed by atoms with Crippen LogP contribution < -0.4 is 5.73 Å². The fraction of sp³-hybridized carbons (Fsp3) is 0.467. The monoisotopic (exact) mass is 359 g/mol. The highest BCUT2D eigenvalue weighted by atomic mass is 35.5. The van der Waals surface area contributed by atoms with Gasteiger partial charge in [0.1, 0.15) is 5.54 Å². The van der Waals surface area contributed by atoms with Gasteiger partial charge in [0.15, 0.2) is 0 Å². The van der Waals surface area contributed by atoms with Gasteiger partial charge in [-0.25, -0.2) is 0 Å². The summed E-state index contributed by atoms with van der Waals surface area (Å²) in [6, 6.07) is 4.99. The average Bonchev–Trinajstić information content (AvgIpc) is 3.13. The molecular formula is C15H15Cl2NO5. The number of rotatable bonds is 5. The van der Waals surface area contributed by atoms with Crippen molar-refractivity contribution >= 4 is 35.1 Å². The summed E-state index contributed by atoms with van der Waals surface area (Å²) >= 11 is 11.8. The minimum atomic E-state index is -1.68. The number of fused-ring (bicyclic) bond motifs is 1. The maximum Gasteiger partial charge on any atom is 0.326 e. The molecule has 0 heterocycles. The molecular weight excluding hydrogens is 345 g/mol. The first-order valence-corrected chi connectivity index (χ1v) is 7.83. The molecule has 1 aromatic rings. The quantitative estimate of drug-likeness (QED) is 0.741. The molecule has 5 atom stereocenters. The topological polar surface area (TPSA) is 110 Å². The van der Waals surface area contributed by atoms with E-state index in [1.165, 1.54) is 0 Å². The van der Waals surface area contributed by atoms with Gasteiger partial charge in [0.05, 0.1) is 28.7 Å². The first-order valence-electron chi connectivity index (χ1n) is 7.07. The van der Waals surface area contributed by atoms with Crippen LogP contribution in [0, 0.1) is 17.8 Å². The van der Waals surface area contributed by atoms with E-state index in [0.29, 0.717) is 16.5 Å². The van der Waals surface area contributed by atoms with Gasteiger partial charge in [-0.05, 0) is 30.0 Å². The van der Waals surface area contributed by atoms with Gasteiger partial charge in [-0.1, -0.05) is 29.3 Å². The van der Waals surface area contributed by atoms with Crippen molar-refractivity contribution in [2.45, 2.75) is 24.7 Å². The lowest BCUT2D eigenvalue weighted by molar-refractivity contribution is -0.152. The van der Waals surface area contributed by atoms with E-state index >= 15 is 0 Å². The number of hydrogen-bond donors (Lipinski definition) is 3. The molecule has 4 N–H and O–H groups in total. The lowest BCUT2D eigenvalue weighted by Gasteiger charge is -2.30. The summed E-state index contributed by atoms with van der Waals surface area (Å²) in [7, 11) is 0. The first kappa shape index (κ1) is 16.5. The van der Waals surface area contributed by atoms with Crippen LogP contribution in [0.3, 0.4) is 0 Å². The van der Waals surface area contributed by atoms with Gasteiger partial charge in [0, 0.05) is 5.92 Å². The molecule has 0 bridgehead atoms. The third-order valence-electron chi connectivity index (χ3n) is 4.83. The van der Waals surface area contributed by atoms with E-state index in [9.17, 15) is 14.7 Å². The molecule has 0 saturated heterocycles. The number of ether oxygens (including phenoxy) is 1. The Morgan fingerprint density at radius 2 is 2.00 bits per heavy atom. The normalized spacial score (nSPS) is 34.9. The molecule has 0 radical (unpaired) electrons. The lowest BCUT2D eigenvalue weighted by atomic mass is 9.89. The third kappa shape index (κ3) is 2.59. The molecule has 23 heavy (non-hydrogen) atoms. The highest BCUT2D eigenvalue weighted by Gasteiger charge is 2.74. The van der Waals surface area contributed by atoms with Crippen LogP contribution in [-0.2, 0) is 20.9 Å². The Kier molecular flexibility index (Phi) is 4.04. The van der Waals surface area contributed by atoms with Gasteiger partial charge in [-0.2, -0.15) is 0 Å². The van der Waals surface area contributed by atoms with E-state index in [-0.39, 0.29) is 12.5 Å². The van der Waals surface area contributed by atoms with Gasteiger partial charge in [0.25, 0.3) is 0 Å². The number of halogens is 2. The van der Waals surface area contributed by atoms with E-state index in [1.807, 2.05) is 0 Å². The van der Waals surface area contributed by atoms with Crippen LogP contribution in [0.25, 0.3) is 0 Å². The maximum atomic E-state index is 11.6. The van der Waals surface area contributed by atoms with Crippen LogP contribution in [-0.4, -0.2) is 33.8 Å². The molecule has 0 unspecified atom stereocenters. The molecule has 0 aliphatic heterocycles. The third-order valence-corrected chi connectivity index (χ3v) is 5.57. The maximum absolute atomic E-state index is 11.6. The molecule has 2 saturated carbocycles. The van der Waals surface area contributed by atoms with E-state index in [4.69, 9.17) is 38.8 Å². The summed E-state index contributed by atoms with van der Waals surface area (Å²) in [5.41, 5.74) is 5.10. The van der Waals surface area contributed by atoms with Crippen LogP contribution >= 0.6 is 23.2 Å². The fourth-order valence-corrected chi connectivity index (χ4v) is 3.95. The lowest BCUT2D eigenvalue weighted by Crippen LogP contribution is -2.58. The van der Waals surface area contributed by atoms with Crippen molar-refractivity contribution in [3.05, 3.63) is 33.8 Å². The molecule has 2 aliphatic carbocycles. The highest BCUT2D eigenvalue weighted by Crippen LogP contribution is 2.62. The van der Waals surface area contributed by atoms with Crippen molar-refractivity contribution in [2.75, 3.05) is 0 Å². The van der Waals surface area contributed by atoms with Crippen molar-refractivity contribution < 1.29 is 24.5 Å². The molecule has 0 aromatic heterocycles. The van der Waals surface area contributed by atoms with Crippen LogP contribution in [0.15, 0.2) is 18.2 Å². The first-order chi connectivity index (χ1) is 10.8. The molecule has 2 aliphatic rings. The number of aliphatic carboxylic acids is 2. The minimum Gasteiger partial charge on any atom is -0.481 e. The van der Waals surface area contributed by atoms with Crippen molar-refractivity contribution in [2.24, 2.45) is 23.5 Å². The predicted molar refractivity (Wildman–Crippen MR) is 82.3 cm³/mol. The fourth-order valence-electron chi connectivity index (χ4n) is 3.62. The highest BCUT2D eigenvalue weighted by molar-refractivity contribution is 6.42. The summed E-state index contributed by atoms with van der Waals surface area (Å²) in [5.74, 6) is -3.75. The molecule has 2 fully saturated rings. The number of nitrogens with two attached hydrogens (primary N) is 1. The molecule has 8 heteroatoms. The molecule has 6 nitrogen and oxygen atoms in total. The molecule has 124 valence electrons. The summed E-state index contributed by atoms with van der Waals surface area (Å²) in [6.07, 6.45) is -0.411. The van der Waals surface area contributed by atoms with Crippen LogP contribution in [0.4, 0.5) is 0 Å². The van der Waals surface area contributed by atoms with Gasteiger partial charge >= 0.3 is 11.9 Å². The second-order valence-corrected chi connectivity index (χ2v) is 6.89. The van der Waals surface area contributed by atoms with Crippen molar-refractivity contribution in [3.8, 4) is 0 Å². The Bertz CT molecular complexity index is 682. The molecule has 0 spiro atoms. The SMILES string of the molecule is N[C@]1(C(=O)O)[C@H]2[C@@H](C[C@H]1OCc1ccc(Cl)c(Cl)c1)[C@@H]2C(=O)O. The van der Waals surface area contributed by atoms with E-state index in [0.717, 1.165) is 5.56 Å². The Hall–Kier alpha value is -1.34. The molecule has 1 aromatic carbocycles. The van der Waals surface area contributed by atoms with Crippen molar-refractivity contribution in [3.63, 3.8) is 0 Å². The molecule has 0 amide bonds. The number of carboxylic acids is 2. The van der Waals surface area contributed by atoms with Crippen LogP contribution in [0.5, 0.6) is 0 Å². The van der Waals surface area contributed by atoms with Gasteiger partial charge in [-0.15, -0.1) is 0 Å². The Morgan fingerprint density at radius 3 is 2.57 bits per heavy atom. The number of benzene rings is 1. The Labute approximate surface area is 142 Å². The summed E-state index contributed by atoms with van der Waals surface area (Å²) in [5, 5.41) is 19.4. The number of carboxylic acid groups (broad SMARTS) is 2. The van der Waals surface area contributed by atoms with Crippen molar-refractivity contribution in [1.82, 2.24) is 0 Å². The average molecular weight is 360 g/mol. The van der Waals surface area contributed by atoms with Gasteiger partial charge < -0.3 is 20.7 Å². The Balaban J connectivity index is 1.72. The smallest absolute Gasteiger partial charge is 0.326 e. The number of carbonyl (C=O) groups is 2. The standard InChI is InChI=1S/C15H15Cl2NO5/c16-8-2-1-6(3-9(8)17)5-23-10-4-7-11(13(19)20)12(7)15(10,18)14(21)22/h1-3,7,10-12H,4-5,18H2,(H,19,20)(H,21,22)/t7-,10+,11-,12-,15-/m0/s1. The zero-order valence-electron chi connectivity index (χ0n) is 11.9. The van der Waals surface area contributed by atoms with Gasteiger partial charge in [0.2, 0.25) is 0 Å². The second kappa shape index (κ2) is 5.63. The van der Waals surface area contributed by atoms with E-state index in [2.05, 4.69) is 0 Å². The Morgan fingerprint density at radius 1 is 1.30 bits per heavy atom. The van der Waals surface area contributed by atoms with Crippen LogP contribution in [0.2, 0.25) is 10.0 Å². The zero-order valence-corrected chi connectivity index (χ0v) is 13.4. The predicted octanol–water partition coefficient (Wildman–Crippen LogP) is 2.01. The van der Waals surface area contributed by atoms with E-state index in [1.54, 1.807) is 18.2 Å². The van der Waals surface area contributed by atoms with Crippen LogP contribution in [0.1, 0.15) is 12.0 Å². The largest absolute Gasteiger partial charge is 0.481 e. The summed E-state index contributed by atoms with van der Waals surface area (Å²) in [4.78, 5) is 22.7. The zero-order chi connectivity index (χ0) is 16.9.